The van der Waals surface area contributed by atoms with E-state index in [1.807, 2.05) is 182 Å². The first-order chi connectivity index (χ1) is 55.9. The van der Waals surface area contributed by atoms with Gasteiger partial charge >= 0.3 is 0 Å². The van der Waals surface area contributed by atoms with Crippen molar-refractivity contribution in [3.8, 4) is 66.9 Å². The van der Waals surface area contributed by atoms with E-state index in [1.165, 1.54) is 40.3 Å². The number of pyridine rings is 8. The van der Waals surface area contributed by atoms with E-state index in [-0.39, 0.29) is 72.2 Å². The lowest BCUT2D eigenvalue weighted by molar-refractivity contribution is 0.0459. The SMILES string of the molecule is Cc1ccc(OC2CC3CC2N(C(=O)c2ccc(C)nc2-c2nccs2)C3)nc1.Cc1ccc(OC2CC3CC2N(C(=O)c2cccnc2-c2ncco2)C3)nc1.Cc1ccc(OC2CC3CC2N(C(=O)c2nc(C)ccc2-c2nccs2)C3)nc1.Cc1ccc(OC2CC3CC2N(C(=O)c2ncc(C)cc2-c2nccs2)C3)nc1. The number of carbonyl (C=O) groups excluding carboxylic acids is 4. The number of nitrogens with zero attached hydrogens (tertiary/aromatic N) is 16. The Bertz CT molecular complexity index is 5270. The van der Waals surface area contributed by atoms with Crippen LogP contribution in [0.4, 0.5) is 0 Å². The van der Waals surface area contributed by atoms with Gasteiger partial charge in [-0.15, -0.1) is 34.0 Å². The summed E-state index contributed by atoms with van der Waals surface area (Å²) in [6.45, 7) is 16.9. The van der Waals surface area contributed by atoms with Gasteiger partial charge in [-0.25, -0.2) is 49.8 Å². The first-order valence-electron chi connectivity index (χ1n) is 39.0. The summed E-state index contributed by atoms with van der Waals surface area (Å²) < 4.78 is 30.0. The molecule has 25 nitrogen and oxygen atoms in total. The number of hydrogen-bond acceptors (Lipinski definition) is 24. The summed E-state index contributed by atoms with van der Waals surface area (Å²) in [6, 6.07) is 29.0. The standard InChI is InChI=1S/3C22H22N4O2S.C21H20N4O3/c1-13-3-6-19(24-11-13)28-18-10-15-9-17(18)26(12-15)22(27)16-5-4-14(2)25-20(16)21-23-7-8-29-21;1-13-3-6-19(24-11-13)28-18-10-15-9-17(18)26(12-15)22(27)20-16(5-4-14(2)25-20)21-23-7-8-29-21;1-13-3-4-19(24-10-13)28-18-9-15-8-17(18)26(12-15)22(27)20-16(7-14(2)11-25-20)21-23-5-6-29-21;1-13-4-5-18(24-11-13)28-17-10-14-9-16(17)25(12-14)21(26)15-3-2-6-22-19(15)20-23-7-8-27-20/h2*3-8,11,15,17-18H,9-10,12H2,1-2H3;3-7,10-11,15,17-18H,8-9,12H2,1-2H3;2-8,11,14,16-17H,9-10,12H2,1H3. The molecule has 8 aliphatic rings. The Labute approximate surface area is 677 Å². The number of aryl methyl sites for hydroxylation is 7. The molecule has 4 aliphatic carbocycles. The molecule has 8 bridgehead atoms. The molecule has 12 aromatic heterocycles. The second-order valence-corrected chi connectivity index (χ2v) is 33.8. The van der Waals surface area contributed by atoms with E-state index in [0.717, 1.165) is 143 Å². The molecular formula is C87H86N16O9S3. The minimum Gasteiger partial charge on any atom is -0.472 e. The van der Waals surface area contributed by atoms with Crippen LogP contribution < -0.4 is 18.9 Å². The van der Waals surface area contributed by atoms with Gasteiger partial charge in [-0.1, -0.05) is 24.3 Å². The van der Waals surface area contributed by atoms with Crippen LogP contribution >= 0.6 is 34.0 Å². The molecule has 16 heterocycles. The van der Waals surface area contributed by atoms with Crippen LogP contribution in [0.2, 0.25) is 0 Å². The van der Waals surface area contributed by atoms with Crippen molar-refractivity contribution in [1.29, 1.82) is 0 Å². The maximum atomic E-state index is 13.5. The van der Waals surface area contributed by atoms with Crippen LogP contribution in [0, 0.1) is 72.1 Å². The Kier molecular flexibility index (Phi) is 21.9. The zero-order valence-corrected chi connectivity index (χ0v) is 67.2. The van der Waals surface area contributed by atoms with Gasteiger partial charge in [-0.2, -0.15) is 0 Å². The third kappa shape index (κ3) is 16.5. The fourth-order valence-electron chi connectivity index (χ4n) is 17.4. The van der Waals surface area contributed by atoms with E-state index in [0.29, 0.717) is 87.0 Å². The number of aromatic nitrogens is 12. The second kappa shape index (κ2) is 33.1. The van der Waals surface area contributed by atoms with Crippen LogP contribution in [0.5, 0.6) is 23.5 Å². The maximum absolute atomic E-state index is 13.5. The summed E-state index contributed by atoms with van der Waals surface area (Å²) in [5.41, 5.74) is 11.9. The highest BCUT2D eigenvalue weighted by atomic mass is 32.1. The molecule has 28 heteroatoms. The molecule has 8 fully saturated rings. The normalized spacial score (nSPS) is 22.9. The lowest BCUT2D eigenvalue weighted by Crippen LogP contribution is -2.47. The van der Waals surface area contributed by atoms with E-state index in [2.05, 4.69) is 59.8 Å². The largest absolute Gasteiger partial charge is 0.472 e. The number of amides is 4. The van der Waals surface area contributed by atoms with E-state index in [4.69, 9.17) is 23.4 Å². The zero-order chi connectivity index (χ0) is 79.0. The number of carbonyl (C=O) groups is 4. The number of rotatable bonds is 16. The summed E-state index contributed by atoms with van der Waals surface area (Å²) in [5, 5.41) is 8.16. The van der Waals surface area contributed by atoms with Crippen molar-refractivity contribution < 1.29 is 42.5 Å². The smallest absolute Gasteiger partial charge is 0.273 e. The molecule has 20 rings (SSSR count). The fraction of sp³-hybridized carbons (Fsp3) is 0.356. The fourth-order valence-corrected chi connectivity index (χ4v) is 19.4. The minimum absolute atomic E-state index is 0.0142. The van der Waals surface area contributed by atoms with Crippen LogP contribution in [0.1, 0.15) is 132 Å². The molecule has 4 saturated carbocycles. The molecule has 12 atom stereocenters. The predicted octanol–water partition coefficient (Wildman–Crippen LogP) is 14.8. The van der Waals surface area contributed by atoms with Crippen LogP contribution in [-0.4, -0.2) is 178 Å². The number of hydrogen-bond donors (Lipinski definition) is 0. The average Bonchev–Trinajstić information content (AvgIpc) is 1.16. The first-order valence-corrected chi connectivity index (χ1v) is 41.7. The van der Waals surface area contributed by atoms with E-state index in [9.17, 15) is 19.2 Å². The number of fused-ring (bicyclic) bond motifs is 8. The highest BCUT2D eigenvalue weighted by Crippen LogP contribution is 2.46. The van der Waals surface area contributed by atoms with Gasteiger partial charge in [0.05, 0.1) is 41.5 Å². The predicted molar refractivity (Wildman–Crippen MR) is 434 cm³/mol. The van der Waals surface area contributed by atoms with Crippen LogP contribution in [-0.2, 0) is 0 Å². The molecule has 4 saturated heterocycles. The van der Waals surface area contributed by atoms with Crippen molar-refractivity contribution in [3.63, 3.8) is 0 Å². The Morgan fingerprint density at radius 3 is 1.19 bits per heavy atom. The Balaban J connectivity index is 0.000000111. The van der Waals surface area contributed by atoms with Gasteiger partial charge in [0.25, 0.3) is 23.6 Å². The summed E-state index contributed by atoms with van der Waals surface area (Å²) in [7, 11) is 0. The monoisotopic (exact) mass is 1590 g/mol. The van der Waals surface area contributed by atoms with Crippen molar-refractivity contribution in [2.24, 2.45) is 23.7 Å². The molecule has 115 heavy (non-hydrogen) atoms. The molecule has 0 spiro atoms. The number of thiazole rings is 3. The molecule has 12 unspecified atom stereocenters. The van der Waals surface area contributed by atoms with Crippen molar-refractivity contribution in [2.75, 3.05) is 26.2 Å². The van der Waals surface area contributed by atoms with Crippen LogP contribution in [0.3, 0.4) is 0 Å². The third-order valence-electron chi connectivity index (χ3n) is 22.7. The van der Waals surface area contributed by atoms with Gasteiger partial charge in [0.15, 0.2) is 0 Å². The van der Waals surface area contributed by atoms with E-state index >= 15 is 0 Å². The van der Waals surface area contributed by atoms with Crippen molar-refractivity contribution >= 4 is 57.6 Å². The maximum Gasteiger partial charge on any atom is 0.273 e. The highest BCUT2D eigenvalue weighted by Gasteiger charge is 2.53. The van der Waals surface area contributed by atoms with Crippen molar-refractivity contribution in [1.82, 2.24) is 79.4 Å². The van der Waals surface area contributed by atoms with Crippen LogP contribution in [0.15, 0.2) is 180 Å². The number of piperidine rings is 4. The summed E-state index contributed by atoms with van der Waals surface area (Å²) in [6.07, 6.45) is 26.5. The van der Waals surface area contributed by atoms with Crippen molar-refractivity contribution in [2.45, 2.75) is 148 Å². The Morgan fingerprint density at radius 2 is 0.774 bits per heavy atom. The van der Waals surface area contributed by atoms with Crippen LogP contribution in [0.25, 0.3) is 43.4 Å². The molecule has 0 N–H and O–H groups in total. The lowest BCUT2D eigenvalue weighted by atomic mass is 10.1. The van der Waals surface area contributed by atoms with Crippen molar-refractivity contribution in [3.05, 3.63) is 237 Å². The molecule has 0 aromatic carbocycles. The minimum atomic E-state index is -0.0565. The van der Waals surface area contributed by atoms with Gasteiger partial charge in [0.1, 0.15) is 68.5 Å². The second-order valence-electron chi connectivity index (χ2n) is 31.1. The Hall–Kier alpha value is -11.6. The number of ether oxygens (including phenoxy) is 4. The first kappa shape index (κ1) is 76.0. The Morgan fingerprint density at radius 1 is 0.365 bits per heavy atom. The third-order valence-corrected chi connectivity index (χ3v) is 25.1. The molecule has 4 aliphatic heterocycles. The number of likely N-dealkylation sites (tertiary alicyclic amines) is 4. The van der Waals surface area contributed by atoms with Gasteiger partial charge in [-0.05, 0) is 194 Å². The van der Waals surface area contributed by atoms with Gasteiger partial charge in [0, 0.05) is 145 Å². The zero-order valence-electron chi connectivity index (χ0n) is 64.7. The average molecular weight is 1600 g/mol. The molecule has 0 radical (unpaired) electrons. The topological polar surface area (TPSA) is 286 Å². The summed E-state index contributed by atoms with van der Waals surface area (Å²) in [4.78, 5) is 114. The van der Waals surface area contributed by atoms with E-state index in [1.54, 1.807) is 55.5 Å². The molecule has 4 amide bonds. The van der Waals surface area contributed by atoms with Gasteiger partial charge in [-0.3, -0.25) is 29.1 Å². The molecule has 12 aromatic rings. The van der Waals surface area contributed by atoms with Gasteiger partial charge < -0.3 is 43.0 Å². The quantitative estimate of drug-likeness (QED) is 0.0868. The lowest BCUT2D eigenvalue weighted by Gasteiger charge is -2.33. The molecule has 586 valence electrons. The summed E-state index contributed by atoms with van der Waals surface area (Å²) in [5.74, 6) is 4.58. The number of oxazole rings is 1. The molecular weight excluding hydrogens is 1510 g/mol. The van der Waals surface area contributed by atoms with E-state index < -0.39 is 0 Å². The summed E-state index contributed by atoms with van der Waals surface area (Å²) >= 11 is 4.54. The van der Waals surface area contributed by atoms with Gasteiger partial charge in [0.2, 0.25) is 29.4 Å². The highest BCUT2D eigenvalue weighted by molar-refractivity contribution is 7.13.